The number of carbonyl (C=O) groups excluding carboxylic acids is 2. The van der Waals surface area contributed by atoms with Gasteiger partial charge in [-0.15, -0.1) is 0 Å². The smallest absolute Gasteiger partial charge is 0.355 e. The summed E-state index contributed by atoms with van der Waals surface area (Å²) in [5.74, 6) is -0.729. The van der Waals surface area contributed by atoms with Crippen molar-refractivity contribution in [1.82, 2.24) is 5.32 Å². The summed E-state index contributed by atoms with van der Waals surface area (Å²) in [6.45, 7) is 4.00. The highest BCUT2D eigenvalue weighted by Crippen LogP contribution is 2.30. The molecular weight excluding hydrogens is 247 g/mol. The minimum absolute atomic E-state index is 0.0765. The topological polar surface area (TPSA) is 46.2 Å². The Balaban J connectivity index is 0.00000137. The predicted octanol–water partition coefficient (Wildman–Crippen LogP) is 2.90. The summed E-state index contributed by atoms with van der Waals surface area (Å²) >= 11 is 0. The number of hydrogen-bond donors (Lipinski definition) is 1. The molecule has 0 fully saturated rings. The first kappa shape index (κ1) is 16.1. The predicted molar refractivity (Wildman–Crippen MR) is 61.6 cm³/mol. The second-order valence-electron chi connectivity index (χ2n) is 3.00. The summed E-state index contributed by atoms with van der Waals surface area (Å²) in [5.41, 5.74) is -1.32. The quantitative estimate of drug-likeness (QED) is 0.832. The fraction of sp³-hybridized carbons (Fsp3) is 0.333. The lowest BCUT2D eigenvalue weighted by atomic mass is 10.0. The molecule has 1 N–H and O–H groups in total. The van der Waals surface area contributed by atoms with E-state index >= 15 is 0 Å². The maximum Gasteiger partial charge on any atom is 0.416 e. The molecule has 1 rings (SSSR count). The van der Waals surface area contributed by atoms with Gasteiger partial charge >= 0.3 is 6.18 Å². The molecule has 18 heavy (non-hydrogen) atoms. The van der Waals surface area contributed by atoms with Crippen LogP contribution in [-0.2, 0) is 6.18 Å². The molecule has 0 radical (unpaired) electrons. The van der Waals surface area contributed by atoms with E-state index in [1.54, 1.807) is 0 Å². The Morgan fingerprint density at radius 3 is 2.22 bits per heavy atom. The number of rotatable bonds is 2. The molecule has 0 aliphatic heterocycles. The first-order chi connectivity index (χ1) is 8.40. The van der Waals surface area contributed by atoms with E-state index < -0.39 is 17.6 Å². The molecule has 1 amide bonds. The summed E-state index contributed by atoms with van der Waals surface area (Å²) in [7, 11) is 1.27. The van der Waals surface area contributed by atoms with Crippen molar-refractivity contribution in [2.24, 2.45) is 0 Å². The highest BCUT2D eigenvalue weighted by Gasteiger charge is 2.31. The van der Waals surface area contributed by atoms with Crippen molar-refractivity contribution in [2.45, 2.75) is 20.0 Å². The Kier molecular flexibility index (Phi) is 6.08. The number of nitrogens with one attached hydrogen (secondary N) is 1. The van der Waals surface area contributed by atoms with E-state index in [0.29, 0.717) is 12.4 Å². The number of carbonyl (C=O) groups is 2. The normalized spacial score (nSPS) is 10.1. The van der Waals surface area contributed by atoms with Crippen molar-refractivity contribution in [3.63, 3.8) is 0 Å². The van der Waals surface area contributed by atoms with E-state index in [1.165, 1.54) is 7.05 Å². The molecule has 0 bridgehead atoms. The zero-order valence-electron chi connectivity index (χ0n) is 10.3. The molecule has 100 valence electrons. The lowest BCUT2D eigenvalue weighted by Gasteiger charge is -2.09. The van der Waals surface area contributed by atoms with E-state index in [-0.39, 0.29) is 11.1 Å². The number of halogens is 3. The number of benzene rings is 1. The third kappa shape index (κ3) is 3.87. The average Bonchev–Trinajstić information content (AvgIpc) is 2.38. The molecule has 0 spiro atoms. The zero-order valence-corrected chi connectivity index (χ0v) is 10.3. The van der Waals surface area contributed by atoms with Crippen LogP contribution < -0.4 is 5.32 Å². The van der Waals surface area contributed by atoms with Gasteiger partial charge in [0.2, 0.25) is 0 Å². The number of hydrogen-bond acceptors (Lipinski definition) is 2. The van der Waals surface area contributed by atoms with Gasteiger partial charge in [0.25, 0.3) is 5.91 Å². The van der Waals surface area contributed by atoms with Gasteiger partial charge in [-0.3, -0.25) is 9.59 Å². The highest BCUT2D eigenvalue weighted by molar-refractivity contribution is 6.01. The Labute approximate surface area is 103 Å². The largest absolute Gasteiger partial charge is 0.416 e. The van der Waals surface area contributed by atoms with Crippen LogP contribution >= 0.6 is 0 Å². The zero-order chi connectivity index (χ0) is 14.3. The van der Waals surface area contributed by atoms with E-state index in [2.05, 4.69) is 5.32 Å². The molecule has 0 atom stereocenters. The Morgan fingerprint density at radius 1 is 1.28 bits per heavy atom. The second kappa shape index (κ2) is 6.78. The molecule has 0 unspecified atom stereocenters. The SMILES string of the molecule is CC.CNC(=O)c1cc(C(F)(F)F)ccc1C=O. The molecule has 0 saturated carbocycles. The van der Waals surface area contributed by atoms with Gasteiger partial charge in [-0.2, -0.15) is 13.2 Å². The maximum absolute atomic E-state index is 12.4. The first-order valence-corrected chi connectivity index (χ1v) is 5.28. The number of amides is 1. The van der Waals surface area contributed by atoms with E-state index in [1.807, 2.05) is 13.8 Å². The van der Waals surface area contributed by atoms with Crippen molar-refractivity contribution < 1.29 is 22.8 Å². The van der Waals surface area contributed by atoms with E-state index in [0.717, 1.165) is 12.1 Å². The highest BCUT2D eigenvalue weighted by atomic mass is 19.4. The summed E-state index contributed by atoms with van der Waals surface area (Å²) in [5, 5.41) is 2.17. The Bertz CT molecular complexity index is 428. The molecule has 0 aliphatic carbocycles. The van der Waals surface area contributed by atoms with E-state index in [9.17, 15) is 22.8 Å². The number of aldehydes is 1. The van der Waals surface area contributed by atoms with Crippen molar-refractivity contribution >= 4 is 12.2 Å². The van der Waals surface area contributed by atoms with Crippen LogP contribution in [0.1, 0.15) is 40.1 Å². The molecule has 0 heterocycles. The molecule has 0 aliphatic rings. The van der Waals surface area contributed by atoms with Crippen LogP contribution in [0.15, 0.2) is 18.2 Å². The minimum Gasteiger partial charge on any atom is -0.355 e. The van der Waals surface area contributed by atoms with Crippen molar-refractivity contribution in [3.05, 3.63) is 34.9 Å². The summed E-state index contributed by atoms with van der Waals surface area (Å²) in [6.07, 6.45) is -4.20. The Morgan fingerprint density at radius 2 is 1.83 bits per heavy atom. The van der Waals surface area contributed by atoms with Crippen molar-refractivity contribution in [3.8, 4) is 0 Å². The van der Waals surface area contributed by atoms with Crippen molar-refractivity contribution in [1.29, 1.82) is 0 Å². The first-order valence-electron chi connectivity index (χ1n) is 5.28. The molecular formula is C12H14F3NO2. The van der Waals surface area contributed by atoms with Crippen LogP contribution in [0.2, 0.25) is 0 Å². The second-order valence-corrected chi connectivity index (χ2v) is 3.00. The fourth-order valence-electron chi connectivity index (χ4n) is 1.17. The third-order valence-corrected chi connectivity index (χ3v) is 1.98. The third-order valence-electron chi connectivity index (χ3n) is 1.98. The van der Waals surface area contributed by atoms with Crippen LogP contribution in [0.25, 0.3) is 0 Å². The summed E-state index contributed by atoms with van der Waals surface area (Å²) in [4.78, 5) is 21.8. The van der Waals surface area contributed by atoms with Gasteiger partial charge in [0.05, 0.1) is 11.1 Å². The van der Waals surface area contributed by atoms with Crippen LogP contribution in [-0.4, -0.2) is 19.2 Å². The van der Waals surface area contributed by atoms with Gasteiger partial charge in [-0.05, 0) is 12.1 Å². The maximum atomic E-state index is 12.4. The van der Waals surface area contributed by atoms with Crippen molar-refractivity contribution in [2.75, 3.05) is 7.05 Å². The molecule has 6 heteroatoms. The Hall–Kier alpha value is -1.85. The van der Waals surface area contributed by atoms with Gasteiger partial charge in [0.1, 0.15) is 0 Å². The van der Waals surface area contributed by atoms with Gasteiger partial charge in [-0.25, -0.2) is 0 Å². The van der Waals surface area contributed by atoms with Crippen LogP contribution in [0.4, 0.5) is 13.2 Å². The molecule has 3 nitrogen and oxygen atoms in total. The standard InChI is InChI=1S/C10H8F3NO2.C2H6/c1-14-9(16)8-4-7(10(11,12)13)3-2-6(8)5-15;1-2/h2-5H,1H3,(H,14,16);1-2H3. The van der Waals surface area contributed by atoms with Gasteiger partial charge in [0, 0.05) is 12.6 Å². The van der Waals surface area contributed by atoms with Gasteiger partial charge in [0.15, 0.2) is 6.29 Å². The molecule has 1 aromatic rings. The van der Waals surface area contributed by atoms with Gasteiger partial charge in [-0.1, -0.05) is 19.9 Å². The molecule has 1 aromatic carbocycles. The fourth-order valence-corrected chi connectivity index (χ4v) is 1.17. The molecule has 0 saturated heterocycles. The minimum atomic E-state index is -4.54. The lowest BCUT2D eigenvalue weighted by molar-refractivity contribution is -0.137. The van der Waals surface area contributed by atoms with Crippen LogP contribution in [0.3, 0.4) is 0 Å². The van der Waals surface area contributed by atoms with Crippen LogP contribution in [0.5, 0.6) is 0 Å². The van der Waals surface area contributed by atoms with Gasteiger partial charge < -0.3 is 5.32 Å². The summed E-state index contributed by atoms with van der Waals surface area (Å²) in [6, 6.07) is 2.39. The molecule has 0 aromatic heterocycles. The van der Waals surface area contributed by atoms with Crippen LogP contribution in [0, 0.1) is 0 Å². The average molecular weight is 261 g/mol. The lowest BCUT2D eigenvalue weighted by Crippen LogP contribution is -2.20. The summed E-state index contributed by atoms with van der Waals surface area (Å²) < 4.78 is 37.1. The number of alkyl halides is 3. The van der Waals surface area contributed by atoms with E-state index in [4.69, 9.17) is 0 Å². The monoisotopic (exact) mass is 261 g/mol.